The first-order chi connectivity index (χ1) is 9.59. The molecule has 0 aromatic heterocycles. The first kappa shape index (κ1) is 15.5. The van der Waals surface area contributed by atoms with E-state index in [1.54, 1.807) is 0 Å². The van der Waals surface area contributed by atoms with Crippen LogP contribution in [0, 0.1) is 5.82 Å². The second kappa shape index (κ2) is 5.14. The molecule has 0 bridgehead atoms. The van der Waals surface area contributed by atoms with E-state index in [2.05, 4.69) is 0 Å². The number of rotatable bonds is 2. The number of benzene rings is 2. The van der Waals surface area contributed by atoms with Crippen LogP contribution in [0.15, 0.2) is 47.4 Å². The van der Waals surface area contributed by atoms with Crippen LogP contribution in [0.5, 0.6) is 0 Å². The molecule has 0 heterocycles. The van der Waals surface area contributed by atoms with Crippen molar-refractivity contribution in [2.24, 2.45) is 0 Å². The predicted molar refractivity (Wildman–Crippen MR) is 69.9 cm³/mol. The summed E-state index contributed by atoms with van der Waals surface area (Å²) >= 11 is 0. The molecule has 2 rings (SSSR count). The fourth-order valence-corrected chi connectivity index (χ4v) is 2.45. The first-order valence-corrected chi connectivity index (χ1v) is 7.65. The van der Waals surface area contributed by atoms with Gasteiger partial charge in [-0.15, -0.1) is 0 Å². The van der Waals surface area contributed by atoms with E-state index < -0.39 is 27.4 Å². The van der Waals surface area contributed by atoms with Gasteiger partial charge in [0, 0.05) is 6.26 Å². The van der Waals surface area contributed by atoms with Crippen LogP contribution in [0.3, 0.4) is 0 Å². The monoisotopic (exact) mass is 318 g/mol. The molecule has 2 aromatic rings. The molecule has 0 spiro atoms. The Hall–Kier alpha value is -1.89. The fraction of sp³-hybridized carbons (Fsp3) is 0.143. The van der Waals surface area contributed by atoms with Gasteiger partial charge in [-0.1, -0.05) is 18.2 Å². The van der Waals surface area contributed by atoms with Crippen LogP contribution in [0.4, 0.5) is 17.6 Å². The highest BCUT2D eigenvalue weighted by molar-refractivity contribution is 7.90. The molecule has 0 N–H and O–H groups in total. The molecule has 2 aromatic carbocycles. The minimum atomic E-state index is -4.75. The van der Waals surface area contributed by atoms with Gasteiger partial charge in [0.1, 0.15) is 5.82 Å². The summed E-state index contributed by atoms with van der Waals surface area (Å²) in [5, 5.41) is 0. The SMILES string of the molecule is CS(=O)(=O)c1ccc(-c2ccc(C(F)(F)F)c(F)c2)cc1. The van der Waals surface area contributed by atoms with Crippen molar-refractivity contribution >= 4 is 9.84 Å². The average molecular weight is 318 g/mol. The maximum Gasteiger partial charge on any atom is 0.419 e. The van der Waals surface area contributed by atoms with E-state index in [0.717, 1.165) is 18.4 Å². The molecule has 0 saturated heterocycles. The predicted octanol–water partition coefficient (Wildman–Crippen LogP) is 3.92. The van der Waals surface area contributed by atoms with Crippen LogP contribution < -0.4 is 0 Å². The van der Waals surface area contributed by atoms with Gasteiger partial charge in [-0.3, -0.25) is 0 Å². The van der Waals surface area contributed by atoms with E-state index in [9.17, 15) is 26.0 Å². The number of hydrogen-bond donors (Lipinski definition) is 0. The molecule has 0 aliphatic rings. The van der Waals surface area contributed by atoms with Gasteiger partial charge in [0.25, 0.3) is 0 Å². The summed E-state index contributed by atoms with van der Waals surface area (Å²) in [5.41, 5.74) is -0.672. The Kier molecular flexibility index (Phi) is 3.79. The summed E-state index contributed by atoms with van der Waals surface area (Å²) in [4.78, 5) is 0.0821. The Morgan fingerprint density at radius 3 is 1.86 bits per heavy atom. The van der Waals surface area contributed by atoms with E-state index in [1.807, 2.05) is 0 Å². The quantitative estimate of drug-likeness (QED) is 0.787. The molecule has 21 heavy (non-hydrogen) atoms. The third kappa shape index (κ3) is 3.41. The number of alkyl halides is 3. The standard InChI is InChI=1S/C14H10F4O2S/c1-21(19,20)11-5-2-9(3-6-11)10-4-7-12(13(15)8-10)14(16,17)18/h2-8H,1H3. The van der Waals surface area contributed by atoms with Gasteiger partial charge in [0.2, 0.25) is 0 Å². The molecule has 0 aliphatic carbocycles. The smallest absolute Gasteiger partial charge is 0.224 e. The Morgan fingerprint density at radius 2 is 1.43 bits per heavy atom. The van der Waals surface area contributed by atoms with E-state index >= 15 is 0 Å². The molecule has 2 nitrogen and oxygen atoms in total. The maximum absolute atomic E-state index is 13.5. The summed E-state index contributed by atoms with van der Waals surface area (Å²) in [6, 6.07) is 8.05. The van der Waals surface area contributed by atoms with Crippen molar-refractivity contribution < 1.29 is 26.0 Å². The van der Waals surface area contributed by atoms with Gasteiger partial charge in [0.05, 0.1) is 10.5 Å². The summed E-state index contributed by atoms with van der Waals surface area (Å²) in [6.45, 7) is 0. The zero-order valence-electron chi connectivity index (χ0n) is 10.8. The summed E-state index contributed by atoms with van der Waals surface area (Å²) < 4.78 is 73.5. The molecular weight excluding hydrogens is 308 g/mol. The largest absolute Gasteiger partial charge is 0.419 e. The highest BCUT2D eigenvalue weighted by Crippen LogP contribution is 2.33. The number of sulfone groups is 1. The van der Waals surface area contributed by atoms with Crippen LogP contribution in [-0.4, -0.2) is 14.7 Å². The lowest BCUT2D eigenvalue weighted by atomic mass is 10.0. The van der Waals surface area contributed by atoms with E-state index in [1.165, 1.54) is 24.3 Å². The van der Waals surface area contributed by atoms with Gasteiger partial charge in [-0.2, -0.15) is 13.2 Å². The molecule has 0 atom stereocenters. The Balaban J connectivity index is 2.42. The fourth-order valence-electron chi connectivity index (χ4n) is 1.82. The van der Waals surface area contributed by atoms with Crippen molar-refractivity contribution in [3.05, 3.63) is 53.8 Å². The minimum absolute atomic E-state index is 0.0821. The van der Waals surface area contributed by atoms with Gasteiger partial charge in [-0.25, -0.2) is 12.8 Å². The third-order valence-corrected chi connectivity index (χ3v) is 4.02. The molecule has 0 saturated carbocycles. The van der Waals surface area contributed by atoms with Crippen molar-refractivity contribution in [2.45, 2.75) is 11.1 Å². The van der Waals surface area contributed by atoms with E-state index in [-0.39, 0.29) is 10.5 Å². The summed E-state index contributed by atoms with van der Waals surface area (Å²) in [5.74, 6) is -1.37. The highest BCUT2D eigenvalue weighted by Gasteiger charge is 2.33. The van der Waals surface area contributed by atoms with Crippen molar-refractivity contribution in [1.82, 2.24) is 0 Å². The van der Waals surface area contributed by atoms with Gasteiger partial charge >= 0.3 is 6.18 Å². The van der Waals surface area contributed by atoms with Crippen LogP contribution >= 0.6 is 0 Å². The normalized spacial score (nSPS) is 12.4. The molecule has 0 fully saturated rings. The Morgan fingerprint density at radius 1 is 0.905 bits per heavy atom. The molecule has 112 valence electrons. The second-order valence-electron chi connectivity index (χ2n) is 4.49. The van der Waals surface area contributed by atoms with Crippen LogP contribution in [-0.2, 0) is 16.0 Å². The van der Waals surface area contributed by atoms with Crippen molar-refractivity contribution in [1.29, 1.82) is 0 Å². The topological polar surface area (TPSA) is 34.1 Å². The first-order valence-electron chi connectivity index (χ1n) is 5.76. The molecular formula is C14H10F4O2S. The molecule has 0 unspecified atom stereocenters. The van der Waals surface area contributed by atoms with E-state index in [0.29, 0.717) is 11.6 Å². The van der Waals surface area contributed by atoms with E-state index in [4.69, 9.17) is 0 Å². The Labute approximate surface area is 119 Å². The minimum Gasteiger partial charge on any atom is -0.224 e. The third-order valence-electron chi connectivity index (χ3n) is 2.89. The van der Waals surface area contributed by atoms with Crippen LogP contribution in [0.2, 0.25) is 0 Å². The summed E-state index contributed by atoms with van der Waals surface area (Å²) in [7, 11) is -3.36. The second-order valence-corrected chi connectivity index (χ2v) is 6.50. The molecule has 0 amide bonds. The molecule has 7 heteroatoms. The summed E-state index contributed by atoms with van der Waals surface area (Å²) in [6.07, 6.45) is -3.71. The lowest BCUT2D eigenvalue weighted by molar-refractivity contribution is -0.139. The van der Waals surface area contributed by atoms with Gasteiger partial charge in [-0.05, 0) is 35.4 Å². The van der Waals surface area contributed by atoms with Crippen LogP contribution in [0.1, 0.15) is 5.56 Å². The zero-order chi connectivity index (χ0) is 15.8. The number of hydrogen-bond acceptors (Lipinski definition) is 2. The maximum atomic E-state index is 13.5. The van der Waals surface area contributed by atoms with Gasteiger partial charge < -0.3 is 0 Å². The molecule has 0 radical (unpaired) electrons. The lowest BCUT2D eigenvalue weighted by Crippen LogP contribution is -2.07. The lowest BCUT2D eigenvalue weighted by Gasteiger charge is -2.10. The van der Waals surface area contributed by atoms with Crippen LogP contribution in [0.25, 0.3) is 11.1 Å². The number of halogens is 4. The van der Waals surface area contributed by atoms with Gasteiger partial charge in [0.15, 0.2) is 9.84 Å². The van der Waals surface area contributed by atoms with Crippen molar-refractivity contribution in [3.63, 3.8) is 0 Å². The van der Waals surface area contributed by atoms with Crippen molar-refractivity contribution in [2.75, 3.05) is 6.26 Å². The average Bonchev–Trinajstić information content (AvgIpc) is 2.36. The van der Waals surface area contributed by atoms with Crippen molar-refractivity contribution in [3.8, 4) is 11.1 Å². The molecule has 0 aliphatic heterocycles. The highest BCUT2D eigenvalue weighted by atomic mass is 32.2. The zero-order valence-corrected chi connectivity index (χ0v) is 11.6. The Bertz CT molecular complexity index is 763.